The SMILES string of the molecule is C[N+]1(C)CC[NH+](CC(=O)NN)CC1. The summed E-state index contributed by atoms with van der Waals surface area (Å²) in [6, 6.07) is 0. The Bertz CT molecular complexity index is 183. The highest BCUT2D eigenvalue weighted by molar-refractivity contribution is 5.76. The monoisotopic (exact) mass is 188 g/mol. The Morgan fingerprint density at radius 2 is 2.00 bits per heavy atom. The van der Waals surface area contributed by atoms with E-state index in [4.69, 9.17) is 5.84 Å². The zero-order valence-electron chi connectivity index (χ0n) is 8.47. The molecule has 1 amide bonds. The molecule has 1 aliphatic heterocycles. The van der Waals surface area contributed by atoms with Gasteiger partial charge in [0.25, 0.3) is 5.91 Å². The fourth-order valence-electron chi connectivity index (χ4n) is 1.61. The summed E-state index contributed by atoms with van der Waals surface area (Å²) < 4.78 is 1.06. The van der Waals surface area contributed by atoms with Gasteiger partial charge in [0.2, 0.25) is 0 Å². The Hall–Kier alpha value is -0.650. The number of likely N-dealkylation sites (N-methyl/N-ethyl adjacent to an activating group) is 1. The Morgan fingerprint density at radius 3 is 2.46 bits per heavy atom. The molecule has 76 valence electrons. The summed E-state index contributed by atoms with van der Waals surface area (Å²) in [6.45, 7) is 4.89. The van der Waals surface area contributed by atoms with Crippen LogP contribution in [0.1, 0.15) is 0 Å². The molecule has 0 aliphatic carbocycles. The maximum atomic E-state index is 11.0. The summed E-state index contributed by atoms with van der Waals surface area (Å²) in [6.07, 6.45) is 0. The van der Waals surface area contributed by atoms with Gasteiger partial charge in [0.05, 0.1) is 14.1 Å². The van der Waals surface area contributed by atoms with Crippen LogP contribution in [0.2, 0.25) is 0 Å². The lowest BCUT2D eigenvalue weighted by Gasteiger charge is -2.36. The van der Waals surface area contributed by atoms with Crippen LogP contribution in [0, 0.1) is 0 Å². The lowest BCUT2D eigenvalue weighted by Crippen LogP contribution is -3.16. The predicted octanol–water partition coefficient (Wildman–Crippen LogP) is -3.05. The first-order chi connectivity index (χ1) is 6.03. The van der Waals surface area contributed by atoms with Gasteiger partial charge < -0.3 is 9.38 Å². The quantitative estimate of drug-likeness (QED) is 0.187. The number of carbonyl (C=O) groups excluding carboxylic acids is 1. The van der Waals surface area contributed by atoms with Gasteiger partial charge in [0, 0.05) is 0 Å². The smallest absolute Gasteiger partial charge is 0.289 e. The van der Waals surface area contributed by atoms with Crippen molar-refractivity contribution in [3.8, 4) is 0 Å². The minimum Gasteiger partial charge on any atom is -0.319 e. The van der Waals surface area contributed by atoms with Gasteiger partial charge in [-0.25, -0.2) is 5.84 Å². The molecule has 0 saturated carbocycles. The number of carbonyl (C=O) groups is 1. The first-order valence-electron chi connectivity index (χ1n) is 4.68. The molecule has 5 nitrogen and oxygen atoms in total. The summed E-state index contributed by atoms with van der Waals surface area (Å²) in [5, 5.41) is 0. The third-order valence-corrected chi connectivity index (χ3v) is 2.71. The van der Waals surface area contributed by atoms with E-state index in [1.54, 1.807) is 0 Å². The largest absolute Gasteiger partial charge is 0.319 e. The minimum atomic E-state index is -0.0674. The molecule has 1 saturated heterocycles. The third-order valence-electron chi connectivity index (χ3n) is 2.71. The van der Waals surface area contributed by atoms with E-state index in [9.17, 15) is 4.79 Å². The van der Waals surface area contributed by atoms with E-state index in [0.29, 0.717) is 6.54 Å². The molecule has 0 aromatic rings. The van der Waals surface area contributed by atoms with Crippen molar-refractivity contribution in [2.75, 3.05) is 46.8 Å². The Labute approximate surface area is 79.0 Å². The molecule has 1 aliphatic rings. The van der Waals surface area contributed by atoms with Crippen molar-refractivity contribution in [3.05, 3.63) is 0 Å². The fraction of sp³-hybridized carbons (Fsp3) is 0.875. The van der Waals surface area contributed by atoms with Crippen LogP contribution in [-0.2, 0) is 4.79 Å². The first-order valence-corrected chi connectivity index (χ1v) is 4.68. The molecule has 1 fully saturated rings. The van der Waals surface area contributed by atoms with Gasteiger partial charge in [-0.1, -0.05) is 0 Å². The fourth-order valence-corrected chi connectivity index (χ4v) is 1.61. The minimum absolute atomic E-state index is 0.0674. The average molecular weight is 188 g/mol. The van der Waals surface area contributed by atoms with E-state index in [1.165, 1.54) is 4.90 Å². The van der Waals surface area contributed by atoms with Crippen molar-refractivity contribution in [2.24, 2.45) is 5.84 Å². The highest BCUT2D eigenvalue weighted by Crippen LogP contribution is 1.94. The molecular weight excluding hydrogens is 168 g/mol. The van der Waals surface area contributed by atoms with Gasteiger partial charge >= 0.3 is 0 Å². The molecule has 0 aromatic carbocycles. The molecule has 13 heavy (non-hydrogen) atoms. The van der Waals surface area contributed by atoms with Gasteiger partial charge in [-0.15, -0.1) is 0 Å². The van der Waals surface area contributed by atoms with E-state index < -0.39 is 0 Å². The molecular formula is C8H20N4O+2. The second-order valence-electron chi connectivity index (χ2n) is 4.38. The highest BCUT2D eigenvalue weighted by atomic mass is 16.2. The van der Waals surface area contributed by atoms with Crippen LogP contribution in [0.3, 0.4) is 0 Å². The van der Waals surface area contributed by atoms with Gasteiger partial charge in [0.1, 0.15) is 26.2 Å². The van der Waals surface area contributed by atoms with Crippen molar-refractivity contribution in [2.45, 2.75) is 0 Å². The summed E-state index contributed by atoms with van der Waals surface area (Å²) in [4.78, 5) is 12.3. The number of nitrogens with one attached hydrogen (secondary N) is 2. The van der Waals surface area contributed by atoms with Crippen molar-refractivity contribution in [3.63, 3.8) is 0 Å². The Morgan fingerprint density at radius 1 is 1.46 bits per heavy atom. The first kappa shape index (κ1) is 10.4. The van der Waals surface area contributed by atoms with Gasteiger partial charge in [-0.2, -0.15) is 0 Å². The molecule has 0 atom stereocenters. The van der Waals surface area contributed by atoms with E-state index in [2.05, 4.69) is 19.5 Å². The summed E-state index contributed by atoms with van der Waals surface area (Å²) in [7, 11) is 4.44. The van der Waals surface area contributed by atoms with Gasteiger partial charge in [-0.05, 0) is 0 Å². The van der Waals surface area contributed by atoms with Crippen LogP contribution in [0.25, 0.3) is 0 Å². The van der Waals surface area contributed by atoms with Crippen molar-refractivity contribution < 1.29 is 14.2 Å². The van der Waals surface area contributed by atoms with Crippen molar-refractivity contribution in [1.29, 1.82) is 0 Å². The number of hydrogen-bond acceptors (Lipinski definition) is 2. The van der Waals surface area contributed by atoms with E-state index in [0.717, 1.165) is 30.7 Å². The summed E-state index contributed by atoms with van der Waals surface area (Å²) in [5.74, 6) is 4.96. The van der Waals surface area contributed by atoms with E-state index in [-0.39, 0.29) is 5.91 Å². The normalized spacial score (nSPS) is 22.7. The Balaban J connectivity index is 2.29. The number of amides is 1. The van der Waals surface area contributed by atoms with Crippen LogP contribution in [-0.4, -0.2) is 57.2 Å². The molecule has 0 radical (unpaired) electrons. The molecule has 1 rings (SSSR count). The predicted molar refractivity (Wildman–Crippen MR) is 49.7 cm³/mol. The number of rotatable bonds is 2. The molecule has 0 aromatic heterocycles. The number of hydrogen-bond donors (Lipinski definition) is 3. The van der Waals surface area contributed by atoms with Crippen LogP contribution >= 0.6 is 0 Å². The standard InChI is InChI=1S/C8H18N4O/c1-12(2)5-3-11(4-6-12)7-8(13)10-9/h3-7,9H2,1-2H3/p+2. The maximum Gasteiger partial charge on any atom is 0.289 e. The number of hydrazine groups is 1. The van der Waals surface area contributed by atoms with Crippen molar-refractivity contribution >= 4 is 5.91 Å². The van der Waals surface area contributed by atoms with Crippen molar-refractivity contribution in [1.82, 2.24) is 5.43 Å². The molecule has 5 heteroatoms. The molecule has 0 unspecified atom stereocenters. The van der Waals surface area contributed by atoms with Gasteiger partial charge in [-0.3, -0.25) is 10.2 Å². The number of nitrogens with two attached hydrogens (primary N) is 1. The zero-order valence-corrected chi connectivity index (χ0v) is 8.47. The molecule has 4 N–H and O–H groups in total. The topological polar surface area (TPSA) is 59.6 Å². The highest BCUT2D eigenvalue weighted by Gasteiger charge is 2.27. The van der Waals surface area contributed by atoms with Crippen LogP contribution in [0.15, 0.2) is 0 Å². The zero-order chi connectivity index (χ0) is 9.90. The molecule has 0 bridgehead atoms. The summed E-state index contributed by atoms with van der Waals surface area (Å²) >= 11 is 0. The second-order valence-corrected chi connectivity index (χ2v) is 4.38. The average Bonchev–Trinajstić information content (AvgIpc) is 2.08. The molecule has 1 heterocycles. The van der Waals surface area contributed by atoms with Crippen LogP contribution < -0.4 is 16.2 Å². The number of nitrogens with zero attached hydrogens (tertiary/aromatic N) is 1. The lowest BCUT2D eigenvalue weighted by molar-refractivity contribution is -1.00. The van der Waals surface area contributed by atoms with Gasteiger partial charge in [0.15, 0.2) is 6.54 Å². The Kier molecular flexibility index (Phi) is 3.24. The number of quaternary nitrogens is 2. The maximum absolute atomic E-state index is 11.0. The summed E-state index contributed by atoms with van der Waals surface area (Å²) in [5.41, 5.74) is 2.17. The van der Waals surface area contributed by atoms with E-state index >= 15 is 0 Å². The van der Waals surface area contributed by atoms with Crippen LogP contribution in [0.5, 0.6) is 0 Å². The lowest BCUT2D eigenvalue weighted by atomic mass is 10.3. The van der Waals surface area contributed by atoms with Crippen LogP contribution in [0.4, 0.5) is 0 Å². The molecule has 0 spiro atoms. The number of piperazine rings is 1. The third kappa shape index (κ3) is 3.30. The second kappa shape index (κ2) is 4.04. The van der Waals surface area contributed by atoms with E-state index in [1.807, 2.05) is 0 Å².